The monoisotopic (exact) mass is 447 g/mol. The highest BCUT2D eigenvalue weighted by Gasteiger charge is 2.37. The molecule has 0 radical (unpaired) electrons. The molecule has 6 heteroatoms. The molecule has 1 N–H and O–H groups in total. The van der Waals surface area contributed by atoms with Gasteiger partial charge in [-0.05, 0) is 82.7 Å². The van der Waals surface area contributed by atoms with Gasteiger partial charge in [-0.25, -0.2) is 0 Å². The van der Waals surface area contributed by atoms with Crippen LogP contribution in [0, 0.1) is 5.92 Å². The Morgan fingerprint density at radius 2 is 1.68 bits per heavy atom. The number of nitrogens with zero attached hydrogens (tertiary/aromatic N) is 2. The third-order valence-electron chi connectivity index (χ3n) is 7.38. The highest BCUT2D eigenvalue weighted by atomic mass is 35.5. The van der Waals surface area contributed by atoms with Gasteiger partial charge in [0, 0.05) is 42.5 Å². The maximum atomic E-state index is 12.5. The highest BCUT2D eigenvalue weighted by molar-refractivity contribution is 6.30. The zero-order chi connectivity index (χ0) is 22.4. The van der Waals surface area contributed by atoms with E-state index in [2.05, 4.69) is 43.4 Å². The standard InChI is InChI=1S/C25H38ClN3O2/c1-19-12-16-29(17-13-19)24(31)9-8-23(30)27-22-10-14-25(15-11-22,28(2)3)18-20-4-6-21(26)7-5-20/h4-7,19,22H,8-18H2,1-3H3,(H,27,30). The molecule has 1 aliphatic heterocycles. The molecule has 0 unspecified atom stereocenters. The molecule has 0 spiro atoms. The maximum absolute atomic E-state index is 12.5. The number of carbonyl (C=O) groups is 2. The van der Waals surface area contributed by atoms with Crippen molar-refractivity contribution >= 4 is 23.4 Å². The molecule has 0 aromatic heterocycles. The van der Waals surface area contributed by atoms with E-state index in [1.165, 1.54) is 5.56 Å². The number of rotatable bonds is 7. The first-order valence-corrected chi connectivity index (χ1v) is 12.1. The Kier molecular flexibility index (Phi) is 8.40. The molecule has 1 saturated carbocycles. The molecule has 1 aliphatic carbocycles. The molecule has 1 heterocycles. The fourth-order valence-corrected chi connectivity index (χ4v) is 5.13. The van der Waals surface area contributed by atoms with Crippen LogP contribution in [-0.2, 0) is 16.0 Å². The van der Waals surface area contributed by atoms with Crippen LogP contribution in [0.4, 0.5) is 0 Å². The second kappa shape index (κ2) is 10.8. The van der Waals surface area contributed by atoms with Crippen molar-refractivity contribution in [1.82, 2.24) is 15.1 Å². The van der Waals surface area contributed by atoms with Gasteiger partial charge >= 0.3 is 0 Å². The Morgan fingerprint density at radius 1 is 1.06 bits per heavy atom. The SMILES string of the molecule is CC1CCN(C(=O)CCC(=O)NC2CCC(Cc3ccc(Cl)cc3)(N(C)C)CC2)CC1. The fraction of sp³-hybridized carbons (Fsp3) is 0.680. The van der Waals surface area contributed by atoms with E-state index in [9.17, 15) is 9.59 Å². The van der Waals surface area contributed by atoms with Gasteiger partial charge in [0.15, 0.2) is 0 Å². The lowest BCUT2D eigenvalue weighted by Crippen LogP contribution is -2.52. The van der Waals surface area contributed by atoms with E-state index in [1.54, 1.807) is 0 Å². The summed E-state index contributed by atoms with van der Waals surface area (Å²) in [6.45, 7) is 3.91. The van der Waals surface area contributed by atoms with Crippen molar-refractivity contribution in [2.24, 2.45) is 5.92 Å². The van der Waals surface area contributed by atoms with Crippen molar-refractivity contribution in [2.45, 2.75) is 76.3 Å². The van der Waals surface area contributed by atoms with Gasteiger partial charge in [0.1, 0.15) is 0 Å². The van der Waals surface area contributed by atoms with E-state index >= 15 is 0 Å². The molecule has 1 saturated heterocycles. The first-order valence-electron chi connectivity index (χ1n) is 11.8. The van der Waals surface area contributed by atoms with E-state index in [-0.39, 0.29) is 23.4 Å². The molecule has 0 bridgehead atoms. The van der Waals surface area contributed by atoms with Gasteiger partial charge in [-0.15, -0.1) is 0 Å². The Balaban J connectivity index is 1.44. The maximum Gasteiger partial charge on any atom is 0.223 e. The number of likely N-dealkylation sites (tertiary alicyclic amines) is 1. The Morgan fingerprint density at radius 3 is 2.26 bits per heavy atom. The number of likely N-dealkylation sites (N-methyl/N-ethyl adjacent to an activating group) is 1. The Hall–Kier alpha value is -1.59. The third-order valence-corrected chi connectivity index (χ3v) is 7.63. The van der Waals surface area contributed by atoms with E-state index in [1.807, 2.05) is 17.0 Å². The number of hydrogen-bond donors (Lipinski definition) is 1. The molecule has 3 rings (SSSR count). The van der Waals surface area contributed by atoms with Crippen molar-refractivity contribution in [2.75, 3.05) is 27.2 Å². The van der Waals surface area contributed by atoms with Crippen LogP contribution in [0.5, 0.6) is 0 Å². The van der Waals surface area contributed by atoms with Gasteiger partial charge in [0.2, 0.25) is 11.8 Å². The van der Waals surface area contributed by atoms with E-state index in [0.29, 0.717) is 18.8 Å². The number of benzene rings is 1. The predicted molar refractivity (Wildman–Crippen MR) is 126 cm³/mol. The Labute approximate surface area is 192 Å². The summed E-state index contributed by atoms with van der Waals surface area (Å²) in [5.74, 6) is 0.840. The number of nitrogens with one attached hydrogen (secondary N) is 1. The van der Waals surface area contributed by atoms with Gasteiger partial charge < -0.3 is 15.1 Å². The van der Waals surface area contributed by atoms with Crippen molar-refractivity contribution in [3.05, 3.63) is 34.9 Å². The van der Waals surface area contributed by atoms with Crippen LogP contribution in [0.25, 0.3) is 0 Å². The average Bonchev–Trinajstić information content (AvgIpc) is 2.75. The minimum Gasteiger partial charge on any atom is -0.353 e. The largest absolute Gasteiger partial charge is 0.353 e. The van der Waals surface area contributed by atoms with Crippen LogP contribution in [0.1, 0.15) is 63.9 Å². The second-order valence-corrected chi connectivity index (χ2v) is 10.3. The first-order chi connectivity index (χ1) is 14.8. The molecule has 172 valence electrons. The van der Waals surface area contributed by atoms with E-state index in [4.69, 9.17) is 11.6 Å². The van der Waals surface area contributed by atoms with Crippen LogP contribution >= 0.6 is 11.6 Å². The van der Waals surface area contributed by atoms with Crippen molar-refractivity contribution in [1.29, 1.82) is 0 Å². The molecule has 2 fully saturated rings. The van der Waals surface area contributed by atoms with E-state index < -0.39 is 0 Å². The predicted octanol–water partition coefficient (Wildman–Crippen LogP) is 4.28. The molecule has 2 aliphatic rings. The van der Waals surface area contributed by atoms with Gasteiger partial charge in [-0.2, -0.15) is 0 Å². The highest BCUT2D eigenvalue weighted by Crippen LogP contribution is 2.35. The summed E-state index contributed by atoms with van der Waals surface area (Å²) in [4.78, 5) is 29.1. The normalized spacial score (nSPS) is 24.9. The van der Waals surface area contributed by atoms with Crippen molar-refractivity contribution in [3.63, 3.8) is 0 Å². The lowest BCUT2D eigenvalue weighted by Gasteiger charge is -2.45. The third kappa shape index (κ3) is 6.69. The van der Waals surface area contributed by atoms with Gasteiger partial charge in [-0.1, -0.05) is 30.7 Å². The number of carbonyl (C=O) groups excluding carboxylic acids is 2. The van der Waals surface area contributed by atoms with E-state index in [0.717, 1.165) is 63.1 Å². The van der Waals surface area contributed by atoms with Crippen molar-refractivity contribution < 1.29 is 9.59 Å². The zero-order valence-electron chi connectivity index (χ0n) is 19.3. The van der Waals surface area contributed by atoms with Crippen LogP contribution in [0.15, 0.2) is 24.3 Å². The topological polar surface area (TPSA) is 52.7 Å². The molecule has 2 amide bonds. The molecule has 31 heavy (non-hydrogen) atoms. The molecule has 1 aromatic carbocycles. The summed E-state index contributed by atoms with van der Waals surface area (Å²) in [6, 6.07) is 8.34. The first kappa shape index (κ1) is 24.1. The van der Waals surface area contributed by atoms with Gasteiger partial charge in [0.25, 0.3) is 0 Å². The quantitative estimate of drug-likeness (QED) is 0.678. The van der Waals surface area contributed by atoms with Gasteiger partial charge in [0.05, 0.1) is 0 Å². The lowest BCUT2D eigenvalue weighted by atomic mass is 9.75. The van der Waals surface area contributed by atoms with Crippen LogP contribution in [-0.4, -0.2) is 60.4 Å². The second-order valence-electron chi connectivity index (χ2n) is 9.83. The van der Waals surface area contributed by atoms with Gasteiger partial charge in [-0.3, -0.25) is 9.59 Å². The number of halogens is 1. The lowest BCUT2D eigenvalue weighted by molar-refractivity contribution is -0.135. The zero-order valence-corrected chi connectivity index (χ0v) is 20.1. The summed E-state index contributed by atoms with van der Waals surface area (Å²) in [5.41, 5.74) is 1.40. The van der Waals surface area contributed by atoms with Crippen LogP contribution in [0.3, 0.4) is 0 Å². The fourth-order valence-electron chi connectivity index (χ4n) is 5.00. The summed E-state index contributed by atoms with van der Waals surface area (Å²) < 4.78 is 0. The van der Waals surface area contributed by atoms with Crippen LogP contribution in [0.2, 0.25) is 5.02 Å². The van der Waals surface area contributed by atoms with Crippen molar-refractivity contribution in [3.8, 4) is 0 Å². The number of amides is 2. The summed E-state index contributed by atoms with van der Waals surface area (Å²) in [7, 11) is 4.31. The molecule has 1 aromatic rings. The Bertz CT molecular complexity index is 734. The summed E-state index contributed by atoms with van der Waals surface area (Å²) in [5, 5.41) is 3.95. The molecule has 0 atom stereocenters. The minimum atomic E-state index is 0.0128. The average molecular weight is 448 g/mol. The number of piperidine rings is 1. The summed E-state index contributed by atoms with van der Waals surface area (Å²) >= 11 is 6.04. The van der Waals surface area contributed by atoms with Crippen LogP contribution < -0.4 is 5.32 Å². The summed E-state index contributed by atoms with van der Waals surface area (Å²) in [6.07, 6.45) is 7.77. The number of hydrogen-bond acceptors (Lipinski definition) is 3. The molecular formula is C25H38ClN3O2. The molecular weight excluding hydrogens is 410 g/mol. The minimum absolute atomic E-state index is 0.0128. The smallest absolute Gasteiger partial charge is 0.223 e. The molecule has 5 nitrogen and oxygen atoms in total.